The summed E-state index contributed by atoms with van der Waals surface area (Å²) in [6, 6.07) is 6.68. The lowest BCUT2D eigenvalue weighted by atomic mass is 10.3. The molecule has 26 heavy (non-hydrogen) atoms. The van der Waals surface area contributed by atoms with Gasteiger partial charge in [-0.05, 0) is 18.2 Å². The number of anilines is 1. The highest BCUT2D eigenvalue weighted by Gasteiger charge is 2.12. The van der Waals surface area contributed by atoms with E-state index in [-0.39, 0.29) is 18.3 Å². The number of benzene rings is 1. The molecule has 0 atom stereocenters. The van der Waals surface area contributed by atoms with Crippen LogP contribution in [0, 0.1) is 0 Å². The number of hydrogen-bond acceptors (Lipinski definition) is 5. The molecule has 0 aliphatic heterocycles. The van der Waals surface area contributed by atoms with Crippen molar-refractivity contribution in [3.05, 3.63) is 58.6 Å². The average molecular weight is 396 g/mol. The highest BCUT2D eigenvalue weighted by atomic mass is 35.5. The van der Waals surface area contributed by atoms with E-state index >= 15 is 0 Å². The number of carbonyl (C=O) groups is 1. The van der Waals surface area contributed by atoms with E-state index in [1.54, 1.807) is 48.5 Å². The lowest BCUT2D eigenvalue weighted by molar-refractivity contribution is 0.102. The Hall–Kier alpha value is -2.55. The lowest BCUT2D eigenvalue weighted by Gasteiger charge is -2.08. The summed E-state index contributed by atoms with van der Waals surface area (Å²) in [6.07, 6.45) is 4.81. The molecule has 2 aromatic heterocycles. The number of carbonyl (C=O) groups excluding carboxylic acids is 1. The Morgan fingerprint density at radius 2 is 2.08 bits per heavy atom. The predicted octanol–water partition coefficient (Wildman–Crippen LogP) is 3.28. The van der Waals surface area contributed by atoms with Crippen LogP contribution >= 0.6 is 23.2 Å². The normalized spacial score (nSPS) is 10.7. The molecule has 0 saturated heterocycles. The molecule has 0 fully saturated rings. The Labute approximate surface area is 159 Å². The highest BCUT2D eigenvalue weighted by molar-refractivity contribution is 6.42. The van der Waals surface area contributed by atoms with Crippen molar-refractivity contribution < 1.29 is 14.3 Å². The number of nitrogens with zero attached hydrogens (tertiary/aromatic N) is 4. The first-order valence-electron chi connectivity index (χ1n) is 7.50. The summed E-state index contributed by atoms with van der Waals surface area (Å²) in [5.74, 6) is 0.0766. The van der Waals surface area contributed by atoms with Crippen LogP contribution in [0.3, 0.4) is 0 Å². The van der Waals surface area contributed by atoms with Gasteiger partial charge in [0, 0.05) is 13.3 Å². The molecule has 1 amide bonds. The van der Waals surface area contributed by atoms with Crippen molar-refractivity contribution in [1.82, 2.24) is 19.6 Å². The zero-order valence-electron chi connectivity index (χ0n) is 13.7. The van der Waals surface area contributed by atoms with Crippen molar-refractivity contribution in [3.63, 3.8) is 0 Å². The van der Waals surface area contributed by atoms with Crippen molar-refractivity contribution in [1.29, 1.82) is 0 Å². The monoisotopic (exact) mass is 395 g/mol. The average Bonchev–Trinajstić information content (AvgIpc) is 3.26. The maximum absolute atomic E-state index is 12.2. The summed E-state index contributed by atoms with van der Waals surface area (Å²) >= 11 is 12.0. The van der Waals surface area contributed by atoms with Crippen molar-refractivity contribution >= 4 is 34.8 Å². The third-order valence-corrected chi connectivity index (χ3v) is 4.10. The second kappa shape index (κ2) is 8.22. The molecule has 8 nitrogen and oxygen atoms in total. The van der Waals surface area contributed by atoms with Gasteiger partial charge < -0.3 is 14.8 Å². The van der Waals surface area contributed by atoms with Crippen molar-refractivity contribution in [3.8, 4) is 5.75 Å². The topological polar surface area (TPSA) is 83.2 Å². The maximum atomic E-state index is 12.2. The van der Waals surface area contributed by atoms with Gasteiger partial charge in [-0.25, -0.2) is 9.36 Å². The number of ether oxygens (including phenoxy) is 2. The molecule has 0 radical (unpaired) electrons. The van der Waals surface area contributed by atoms with Gasteiger partial charge in [-0.1, -0.05) is 29.3 Å². The van der Waals surface area contributed by atoms with Gasteiger partial charge in [-0.3, -0.25) is 4.79 Å². The van der Waals surface area contributed by atoms with Gasteiger partial charge in [0.2, 0.25) is 0 Å². The smallest absolute Gasteiger partial charge is 0.276 e. The standard InChI is InChI=1S/C16H15Cl2N5O3/c1-25-9-23-8-11(7-19-23)20-16(24)13-5-6-22(21-13)10-26-14-4-2-3-12(17)15(14)18/h2-8H,9-10H2,1H3,(H,20,24). The molecule has 10 heteroatoms. The summed E-state index contributed by atoms with van der Waals surface area (Å²) in [5, 5.41) is 11.6. The van der Waals surface area contributed by atoms with Gasteiger partial charge >= 0.3 is 0 Å². The van der Waals surface area contributed by atoms with Crippen LogP contribution in [0.2, 0.25) is 10.0 Å². The van der Waals surface area contributed by atoms with Crippen molar-refractivity contribution in [2.45, 2.75) is 13.5 Å². The molecular weight excluding hydrogens is 381 g/mol. The first-order valence-corrected chi connectivity index (χ1v) is 8.25. The molecular formula is C16H15Cl2N5O3. The van der Waals surface area contributed by atoms with Crippen molar-refractivity contribution in [2.24, 2.45) is 0 Å². The van der Waals surface area contributed by atoms with Crippen LogP contribution in [0.1, 0.15) is 10.5 Å². The molecule has 0 aliphatic rings. The minimum atomic E-state index is -0.360. The van der Waals surface area contributed by atoms with Gasteiger partial charge in [0.15, 0.2) is 12.4 Å². The summed E-state index contributed by atoms with van der Waals surface area (Å²) < 4.78 is 13.5. The van der Waals surface area contributed by atoms with E-state index in [2.05, 4.69) is 15.5 Å². The van der Waals surface area contributed by atoms with E-state index in [0.29, 0.717) is 28.2 Å². The summed E-state index contributed by atoms with van der Waals surface area (Å²) in [4.78, 5) is 12.2. The number of rotatable bonds is 7. The quantitative estimate of drug-likeness (QED) is 0.663. The third kappa shape index (κ3) is 4.34. The number of aromatic nitrogens is 4. The summed E-state index contributed by atoms with van der Waals surface area (Å²) in [6.45, 7) is 0.382. The number of nitrogens with one attached hydrogen (secondary N) is 1. The molecule has 0 bridgehead atoms. The van der Waals surface area contributed by atoms with Crippen LogP contribution < -0.4 is 10.1 Å². The fourth-order valence-corrected chi connectivity index (χ4v) is 2.46. The Morgan fingerprint density at radius 1 is 1.23 bits per heavy atom. The highest BCUT2D eigenvalue weighted by Crippen LogP contribution is 2.31. The van der Waals surface area contributed by atoms with Crippen LogP contribution in [0.25, 0.3) is 0 Å². The summed E-state index contributed by atoms with van der Waals surface area (Å²) in [5.41, 5.74) is 0.786. The van der Waals surface area contributed by atoms with Crippen LogP contribution in [-0.4, -0.2) is 32.6 Å². The minimum Gasteiger partial charge on any atom is -0.470 e. The SMILES string of the molecule is COCn1cc(NC(=O)c2ccn(COc3cccc(Cl)c3Cl)n2)cn1. The zero-order chi connectivity index (χ0) is 18.5. The van der Waals surface area contributed by atoms with Gasteiger partial charge in [0.1, 0.15) is 17.5 Å². The number of amides is 1. The Kier molecular flexibility index (Phi) is 5.77. The number of hydrogen-bond donors (Lipinski definition) is 1. The zero-order valence-corrected chi connectivity index (χ0v) is 15.2. The Morgan fingerprint density at radius 3 is 2.88 bits per heavy atom. The van der Waals surface area contributed by atoms with Gasteiger partial charge in [-0.2, -0.15) is 10.2 Å². The van der Waals surface area contributed by atoms with Crippen LogP contribution in [-0.2, 0) is 18.2 Å². The number of methoxy groups -OCH3 is 1. The largest absolute Gasteiger partial charge is 0.470 e. The predicted molar refractivity (Wildman–Crippen MR) is 96.5 cm³/mol. The Balaban J connectivity index is 1.59. The Bertz CT molecular complexity index is 909. The van der Waals surface area contributed by atoms with E-state index in [0.717, 1.165) is 0 Å². The molecule has 136 valence electrons. The molecule has 3 aromatic rings. The minimum absolute atomic E-state index is 0.0825. The van der Waals surface area contributed by atoms with Gasteiger partial charge in [0.05, 0.1) is 23.1 Å². The molecule has 3 rings (SSSR count). The molecule has 0 unspecified atom stereocenters. The van der Waals surface area contributed by atoms with E-state index in [4.69, 9.17) is 32.7 Å². The second-order valence-corrected chi connectivity index (χ2v) is 5.99. The molecule has 0 saturated carbocycles. The lowest BCUT2D eigenvalue weighted by Crippen LogP contribution is -2.14. The van der Waals surface area contributed by atoms with Crippen molar-refractivity contribution in [2.75, 3.05) is 12.4 Å². The van der Waals surface area contributed by atoms with Crippen LogP contribution in [0.4, 0.5) is 5.69 Å². The third-order valence-electron chi connectivity index (χ3n) is 3.29. The first-order chi connectivity index (χ1) is 12.6. The van der Waals surface area contributed by atoms with Crippen LogP contribution in [0.5, 0.6) is 5.75 Å². The number of halogens is 2. The fourth-order valence-electron chi connectivity index (χ4n) is 2.11. The molecule has 1 N–H and O–H groups in total. The second-order valence-electron chi connectivity index (χ2n) is 5.21. The van der Waals surface area contributed by atoms with Gasteiger partial charge in [-0.15, -0.1) is 0 Å². The van der Waals surface area contributed by atoms with E-state index in [1.807, 2.05) is 0 Å². The molecule has 2 heterocycles. The first kappa shape index (κ1) is 18.2. The van der Waals surface area contributed by atoms with E-state index in [1.165, 1.54) is 10.9 Å². The summed E-state index contributed by atoms with van der Waals surface area (Å²) in [7, 11) is 1.56. The van der Waals surface area contributed by atoms with E-state index in [9.17, 15) is 4.79 Å². The van der Waals surface area contributed by atoms with Gasteiger partial charge in [0.25, 0.3) is 5.91 Å². The van der Waals surface area contributed by atoms with Crippen LogP contribution in [0.15, 0.2) is 42.9 Å². The maximum Gasteiger partial charge on any atom is 0.276 e. The molecule has 0 aliphatic carbocycles. The molecule has 1 aromatic carbocycles. The van der Waals surface area contributed by atoms with E-state index < -0.39 is 0 Å². The molecule has 0 spiro atoms. The fraction of sp³-hybridized carbons (Fsp3) is 0.188.